The molecule has 6 heteroatoms. The summed E-state index contributed by atoms with van der Waals surface area (Å²) >= 11 is 1.69. The average Bonchev–Trinajstić information content (AvgIpc) is 3.32. The fourth-order valence-corrected chi connectivity index (χ4v) is 3.99. The van der Waals surface area contributed by atoms with E-state index in [9.17, 15) is 4.79 Å². The molecule has 2 aliphatic heterocycles. The molecule has 1 aromatic rings. The van der Waals surface area contributed by atoms with E-state index < -0.39 is 0 Å². The van der Waals surface area contributed by atoms with Crippen LogP contribution >= 0.6 is 11.3 Å². The van der Waals surface area contributed by atoms with Crippen molar-refractivity contribution >= 4 is 17.4 Å². The van der Waals surface area contributed by atoms with Gasteiger partial charge in [0.25, 0.3) is 0 Å². The van der Waals surface area contributed by atoms with Crippen molar-refractivity contribution in [3.05, 3.63) is 22.4 Å². The van der Waals surface area contributed by atoms with Crippen LogP contribution in [0.3, 0.4) is 0 Å². The Hall–Kier alpha value is -1.11. The molecular weight excluding hydrogens is 312 g/mol. The molecule has 1 aromatic heterocycles. The van der Waals surface area contributed by atoms with Gasteiger partial charge in [0.2, 0.25) is 0 Å². The number of urea groups is 1. The van der Waals surface area contributed by atoms with Gasteiger partial charge >= 0.3 is 6.03 Å². The summed E-state index contributed by atoms with van der Waals surface area (Å²) in [6.45, 7) is 3.73. The lowest BCUT2D eigenvalue weighted by Crippen LogP contribution is -2.40. The van der Waals surface area contributed by atoms with E-state index in [0.29, 0.717) is 19.8 Å². The first-order valence-corrected chi connectivity index (χ1v) is 9.55. The number of likely N-dealkylation sites (tertiary alicyclic amines) is 1. The Morgan fingerprint density at radius 1 is 1.43 bits per heavy atom. The van der Waals surface area contributed by atoms with E-state index in [-0.39, 0.29) is 18.2 Å². The Morgan fingerprint density at radius 3 is 3.17 bits per heavy atom. The maximum atomic E-state index is 12.4. The molecule has 3 rings (SSSR count). The predicted molar refractivity (Wildman–Crippen MR) is 90.8 cm³/mol. The summed E-state index contributed by atoms with van der Waals surface area (Å²) in [7, 11) is 0. The van der Waals surface area contributed by atoms with E-state index in [4.69, 9.17) is 9.47 Å². The predicted octanol–water partition coefficient (Wildman–Crippen LogP) is 3.18. The fourth-order valence-electron chi connectivity index (χ4n) is 3.28. The van der Waals surface area contributed by atoms with Crippen LogP contribution in [0.5, 0.6) is 0 Å². The topological polar surface area (TPSA) is 50.8 Å². The van der Waals surface area contributed by atoms with Gasteiger partial charge in [-0.25, -0.2) is 4.79 Å². The summed E-state index contributed by atoms with van der Waals surface area (Å²) in [4.78, 5) is 14.3. The number of ether oxygens (including phenoxy) is 2. The first kappa shape index (κ1) is 16.7. The van der Waals surface area contributed by atoms with Gasteiger partial charge < -0.3 is 19.7 Å². The highest BCUT2D eigenvalue weighted by Gasteiger charge is 2.29. The molecule has 2 fully saturated rings. The molecule has 0 radical (unpaired) electrons. The van der Waals surface area contributed by atoms with Crippen LogP contribution in [0.1, 0.15) is 43.7 Å². The van der Waals surface area contributed by atoms with Gasteiger partial charge in [0, 0.05) is 26.3 Å². The van der Waals surface area contributed by atoms with Gasteiger partial charge in [0.1, 0.15) is 0 Å². The summed E-state index contributed by atoms with van der Waals surface area (Å²) in [5, 5.41) is 7.25. The second-order valence-corrected chi connectivity index (χ2v) is 6.98. The van der Waals surface area contributed by atoms with Gasteiger partial charge in [-0.2, -0.15) is 11.3 Å². The van der Waals surface area contributed by atoms with Crippen LogP contribution in [0.25, 0.3) is 0 Å². The van der Waals surface area contributed by atoms with Crippen molar-refractivity contribution in [3.8, 4) is 0 Å². The highest BCUT2D eigenvalue weighted by atomic mass is 32.1. The standard InChI is InChI=1S/C17H26N2O3S/c20-17(18-7-3-9-21-12-15-4-2-10-22-15)19-8-1-5-16(19)14-6-11-23-13-14/h6,11,13,15-16H,1-5,7-10,12H2,(H,18,20)/t15-,16-/m1/s1. The zero-order valence-corrected chi connectivity index (χ0v) is 14.4. The number of nitrogens with one attached hydrogen (secondary N) is 1. The van der Waals surface area contributed by atoms with E-state index in [1.54, 1.807) is 11.3 Å². The summed E-state index contributed by atoms with van der Waals surface area (Å²) in [6.07, 6.45) is 5.52. The minimum Gasteiger partial charge on any atom is -0.379 e. The number of carbonyl (C=O) groups excluding carboxylic acids is 1. The molecule has 3 heterocycles. The quantitative estimate of drug-likeness (QED) is 0.777. The third-order valence-corrected chi connectivity index (χ3v) is 5.21. The van der Waals surface area contributed by atoms with Gasteiger partial charge in [-0.05, 0) is 54.5 Å². The molecule has 0 unspecified atom stereocenters. The van der Waals surface area contributed by atoms with Gasteiger partial charge in [-0.15, -0.1) is 0 Å². The lowest BCUT2D eigenvalue weighted by atomic mass is 10.1. The van der Waals surface area contributed by atoms with Crippen molar-refractivity contribution in [1.29, 1.82) is 0 Å². The third-order valence-electron chi connectivity index (χ3n) is 4.51. The molecule has 0 spiro atoms. The molecule has 2 aliphatic rings. The Morgan fingerprint density at radius 2 is 2.39 bits per heavy atom. The summed E-state index contributed by atoms with van der Waals surface area (Å²) < 4.78 is 11.1. The molecule has 5 nitrogen and oxygen atoms in total. The van der Waals surface area contributed by atoms with E-state index in [2.05, 4.69) is 22.1 Å². The van der Waals surface area contributed by atoms with Crippen LogP contribution in [0.2, 0.25) is 0 Å². The minimum absolute atomic E-state index is 0.0535. The molecule has 23 heavy (non-hydrogen) atoms. The fraction of sp³-hybridized carbons (Fsp3) is 0.706. The van der Waals surface area contributed by atoms with Crippen molar-refractivity contribution in [2.75, 3.05) is 32.9 Å². The third kappa shape index (κ3) is 4.68. The second-order valence-electron chi connectivity index (χ2n) is 6.20. The molecule has 0 saturated carbocycles. The summed E-state index contributed by atoms with van der Waals surface area (Å²) in [5.41, 5.74) is 1.27. The van der Waals surface area contributed by atoms with Crippen molar-refractivity contribution < 1.29 is 14.3 Å². The Kier molecular flexibility index (Phi) is 6.30. The largest absolute Gasteiger partial charge is 0.379 e. The minimum atomic E-state index is 0.0535. The van der Waals surface area contributed by atoms with Crippen LogP contribution in [0.15, 0.2) is 16.8 Å². The number of thiophene rings is 1. The van der Waals surface area contributed by atoms with Crippen LogP contribution in [-0.2, 0) is 9.47 Å². The lowest BCUT2D eigenvalue weighted by Gasteiger charge is -2.24. The number of nitrogens with zero attached hydrogens (tertiary/aromatic N) is 1. The number of amides is 2. The summed E-state index contributed by atoms with van der Waals surface area (Å²) in [5.74, 6) is 0. The number of hydrogen-bond donors (Lipinski definition) is 1. The maximum absolute atomic E-state index is 12.4. The zero-order chi connectivity index (χ0) is 15.9. The SMILES string of the molecule is O=C(NCCCOC[C@H]1CCCO1)N1CCC[C@@H]1c1ccsc1. The molecule has 0 bridgehead atoms. The summed E-state index contributed by atoms with van der Waals surface area (Å²) in [6, 6.07) is 2.43. The van der Waals surface area contributed by atoms with Crippen LogP contribution < -0.4 is 5.32 Å². The Bertz CT molecular complexity index is 474. The van der Waals surface area contributed by atoms with Crippen molar-refractivity contribution in [3.63, 3.8) is 0 Å². The smallest absolute Gasteiger partial charge is 0.317 e. The molecule has 0 aromatic carbocycles. The van der Waals surface area contributed by atoms with Crippen LogP contribution in [0, 0.1) is 0 Å². The lowest BCUT2D eigenvalue weighted by molar-refractivity contribution is 0.0167. The molecule has 2 atom stereocenters. The average molecular weight is 338 g/mol. The number of rotatable bonds is 7. The molecule has 2 saturated heterocycles. The van der Waals surface area contributed by atoms with Crippen molar-refractivity contribution in [1.82, 2.24) is 10.2 Å². The molecular formula is C17H26N2O3S. The first-order valence-electron chi connectivity index (χ1n) is 8.60. The molecule has 0 aliphatic carbocycles. The molecule has 128 valence electrons. The van der Waals surface area contributed by atoms with Gasteiger partial charge in [0.15, 0.2) is 0 Å². The maximum Gasteiger partial charge on any atom is 0.317 e. The van der Waals surface area contributed by atoms with Gasteiger partial charge in [-0.3, -0.25) is 0 Å². The monoisotopic (exact) mass is 338 g/mol. The Balaban J connectivity index is 1.31. The highest BCUT2D eigenvalue weighted by molar-refractivity contribution is 7.07. The van der Waals surface area contributed by atoms with Crippen LogP contribution in [-0.4, -0.2) is 49.9 Å². The van der Waals surface area contributed by atoms with Crippen LogP contribution in [0.4, 0.5) is 4.79 Å². The van der Waals surface area contributed by atoms with E-state index in [0.717, 1.165) is 45.3 Å². The normalized spacial score (nSPS) is 24.3. The second kappa shape index (κ2) is 8.66. The van der Waals surface area contributed by atoms with Crippen molar-refractivity contribution in [2.24, 2.45) is 0 Å². The Labute approximate surface area is 142 Å². The number of carbonyl (C=O) groups is 1. The van der Waals surface area contributed by atoms with Gasteiger partial charge in [0.05, 0.1) is 18.8 Å². The first-order chi connectivity index (χ1) is 11.3. The van der Waals surface area contributed by atoms with E-state index in [1.807, 2.05) is 4.90 Å². The zero-order valence-electron chi connectivity index (χ0n) is 13.5. The molecule has 1 N–H and O–H groups in total. The van der Waals surface area contributed by atoms with Gasteiger partial charge in [-0.1, -0.05) is 0 Å². The van der Waals surface area contributed by atoms with E-state index in [1.165, 1.54) is 5.56 Å². The van der Waals surface area contributed by atoms with E-state index >= 15 is 0 Å². The van der Waals surface area contributed by atoms with Crippen molar-refractivity contribution in [2.45, 2.75) is 44.2 Å². The highest BCUT2D eigenvalue weighted by Crippen LogP contribution is 2.32. The molecule has 2 amide bonds. The number of hydrogen-bond acceptors (Lipinski definition) is 4.